The minimum absolute atomic E-state index is 0.754. The molecule has 0 heterocycles. The first-order chi connectivity index (χ1) is 12.2. The van der Waals surface area contributed by atoms with Crippen LogP contribution in [-0.2, 0) is 15.2 Å². The van der Waals surface area contributed by atoms with Gasteiger partial charge in [0.15, 0.2) is 6.21 Å². The lowest BCUT2D eigenvalue weighted by Crippen LogP contribution is -2.31. The van der Waals surface area contributed by atoms with Crippen LogP contribution in [0.1, 0.15) is 16.7 Å². The Morgan fingerprint density at radius 2 is 1.12 bits per heavy atom. The first-order valence-electron chi connectivity index (χ1n) is 7.84. The van der Waals surface area contributed by atoms with Crippen LogP contribution in [0.15, 0.2) is 96.2 Å². The molecule has 3 rings (SSSR count). The van der Waals surface area contributed by atoms with Gasteiger partial charge in [-0.15, -0.1) is 0 Å². The van der Waals surface area contributed by atoms with Gasteiger partial charge in [0.05, 0.1) is 0 Å². The van der Waals surface area contributed by atoms with E-state index in [2.05, 4.69) is 5.16 Å². The zero-order valence-electron chi connectivity index (χ0n) is 13.4. The van der Waals surface area contributed by atoms with E-state index in [0.29, 0.717) is 0 Å². The van der Waals surface area contributed by atoms with E-state index in [-0.39, 0.29) is 0 Å². The molecule has 0 radical (unpaired) electrons. The molecule has 4 nitrogen and oxygen atoms in total. The Hall–Kier alpha value is -3.40. The van der Waals surface area contributed by atoms with Gasteiger partial charge in [-0.25, -0.2) is 4.79 Å². The number of rotatable bonds is 6. The molecule has 0 amide bonds. The van der Waals surface area contributed by atoms with E-state index in [0.717, 1.165) is 22.9 Å². The van der Waals surface area contributed by atoms with Crippen LogP contribution >= 0.6 is 0 Å². The summed E-state index contributed by atoms with van der Waals surface area (Å²) >= 11 is 0. The Kier molecular flexibility index (Phi) is 4.90. The Morgan fingerprint density at radius 3 is 1.44 bits per heavy atom. The summed E-state index contributed by atoms with van der Waals surface area (Å²) in [5.74, 6) is -1.16. The maximum Gasteiger partial charge on any atom is 0.350 e. The van der Waals surface area contributed by atoms with Crippen molar-refractivity contribution >= 4 is 12.2 Å². The minimum Gasteiger partial charge on any atom is -0.477 e. The summed E-state index contributed by atoms with van der Waals surface area (Å²) in [6, 6.07) is 28.9. The average molecular weight is 331 g/mol. The van der Waals surface area contributed by atoms with Gasteiger partial charge in [-0.1, -0.05) is 96.2 Å². The number of carboxylic acids is 1. The summed E-state index contributed by atoms with van der Waals surface area (Å²) in [6.07, 6.45) is 0.754. The molecule has 0 unspecified atom stereocenters. The van der Waals surface area contributed by atoms with Crippen LogP contribution in [-0.4, -0.2) is 17.3 Å². The van der Waals surface area contributed by atoms with Crippen molar-refractivity contribution in [3.05, 3.63) is 108 Å². The van der Waals surface area contributed by atoms with E-state index in [1.165, 1.54) is 0 Å². The monoisotopic (exact) mass is 331 g/mol. The van der Waals surface area contributed by atoms with Gasteiger partial charge in [0.1, 0.15) is 0 Å². The molecule has 0 aliphatic rings. The summed E-state index contributed by atoms with van der Waals surface area (Å²) in [4.78, 5) is 16.8. The summed E-state index contributed by atoms with van der Waals surface area (Å²) in [5, 5.41) is 12.6. The van der Waals surface area contributed by atoms with Crippen molar-refractivity contribution < 1.29 is 14.7 Å². The van der Waals surface area contributed by atoms with E-state index in [1.807, 2.05) is 91.0 Å². The van der Waals surface area contributed by atoms with Gasteiger partial charge in [-0.3, -0.25) is 0 Å². The van der Waals surface area contributed by atoms with Crippen LogP contribution in [0, 0.1) is 0 Å². The van der Waals surface area contributed by atoms with Crippen molar-refractivity contribution in [2.24, 2.45) is 5.16 Å². The zero-order valence-corrected chi connectivity index (χ0v) is 13.4. The molecule has 0 fully saturated rings. The van der Waals surface area contributed by atoms with E-state index in [9.17, 15) is 4.79 Å². The predicted octanol–water partition coefficient (Wildman–Crippen LogP) is 4.07. The third-order valence-corrected chi connectivity index (χ3v) is 3.89. The fourth-order valence-electron chi connectivity index (χ4n) is 2.83. The predicted molar refractivity (Wildman–Crippen MR) is 96.4 cm³/mol. The van der Waals surface area contributed by atoms with Crippen LogP contribution in [0.4, 0.5) is 0 Å². The normalized spacial score (nSPS) is 11.4. The van der Waals surface area contributed by atoms with Gasteiger partial charge >= 0.3 is 5.97 Å². The maximum atomic E-state index is 10.9. The highest BCUT2D eigenvalue weighted by Crippen LogP contribution is 2.40. The third-order valence-electron chi connectivity index (χ3n) is 3.89. The minimum atomic E-state index is -1.16. The van der Waals surface area contributed by atoms with Crippen LogP contribution in [0.25, 0.3) is 0 Å². The Labute approximate surface area is 146 Å². The highest BCUT2D eigenvalue weighted by molar-refractivity contribution is 6.21. The number of hydrogen-bond acceptors (Lipinski definition) is 3. The van der Waals surface area contributed by atoms with Crippen molar-refractivity contribution in [2.45, 2.75) is 5.60 Å². The van der Waals surface area contributed by atoms with Crippen LogP contribution < -0.4 is 0 Å². The van der Waals surface area contributed by atoms with E-state index >= 15 is 0 Å². The number of carbonyl (C=O) groups is 1. The van der Waals surface area contributed by atoms with Crippen LogP contribution in [0.2, 0.25) is 0 Å². The van der Waals surface area contributed by atoms with Crippen molar-refractivity contribution in [3.63, 3.8) is 0 Å². The Bertz CT molecular complexity index is 749. The molecule has 0 saturated carbocycles. The van der Waals surface area contributed by atoms with Crippen LogP contribution in [0.5, 0.6) is 0 Å². The molecule has 0 bridgehead atoms. The Morgan fingerprint density at radius 1 is 0.760 bits per heavy atom. The molecule has 0 aliphatic carbocycles. The number of oxime groups is 1. The molecule has 3 aromatic carbocycles. The SMILES string of the molecule is O=C(O)/C=N\OC(c1ccccc1)(c1ccccc1)c1ccccc1. The molecule has 1 N–H and O–H groups in total. The Balaban J connectivity index is 2.25. The van der Waals surface area contributed by atoms with Crippen molar-refractivity contribution in [3.8, 4) is 0 Å². The molecule has 25 heavy (non-hydrogen) atoms. The highest BCUT2D eigenvalue weighted by Gasteiger charge is 2.39. The molecular weight excluding hydrogens is 314 g/mol. The molecular formula is C21H17NO3. The fourth-order valence-corrected chi connectivity index (χ4v) is 2.83. The second kappa shape index (κ2) is 7.45. The van der Waals surface area contributed by atoms with Crippen molar-refractivity contribution in [1.29, 1.82) is 0 Å². The van der Waals surface area contributed by atoms with Crippen molar-refractivity contribution in [2.75, 3.05) is 0 Å². The second-order valence-electron chi connectivity index (χ2n) is 5.44. The summed E-state index contributed by atoms with van der Waals surface area (Å²) < 4.78 is 0. The van der Waals surface area contributed by atoms with E-state index < -0.39 is 11.6 Å². The molecule has 4 heteroatoms. The van der Waals surface area contributed by atoms with E-state index in [4.69, 9.17) is 9.94 Å². The number of aliphatic carboxylic acids is 1. The second-order valence-corrected chi connectivity index (χ2v) is 5.44. The van der Waals surface area contributed by atoms with Gasteiger partial charge in [0.25, 0.3) is 0 Å². The van der Waals surface area contributed by atoms with Crippen LogP contribution in [0.3, 0.4) is 0 Å². The highest BCUT2D eigenvalue weighted by atomic mass is 16.7. The molecule has 0 atom stereocenters. The number of carboxylic acid groups (broad SMARTS) is 1. The van der Waals surface area contributed by atoms with Gasteiger partial charge < -0.3 is 9.94 Å². The van der Waals surface area contributed by atoms with Gasteiger partial charge in [-0.05, 0) is 0 Å². The maximum absolute atomic E-state index is 10.9. The number of nitrogens with zero attached hydrogens (tertiary/aromatic N) is 1. The number of benzene rings is 3. The summed E-state index contributed by atoms with van der Waals surface area (Å²) in [7, 11) is 0. The molecule has 0 aromatic heterocycles. The van der Waals surface area contributed by atoms with Gasteiger partial charge in [0, 0.05) is 16.7 Å². The fraction of sp³-hybridized carbons (Fsp3) is 0.0476. The molecule has 0 saturated heterocycles. The first kappa shape index (κ1) is 16.5. The topological polar surface area (TPSA) is 58.9 Å². The smallest absolute Gasteiger partial charge is 0.350 e. The molecule has 0 spiro atoms. The number of hydrogen-bond donors (Lipinski definition) is 1. The van der Waals surface area contributed by atoms with Crippen molar-refractivity contribution in [1.82, 2.24) is 0 Å². The first-order valence-corrected chi connectivity index (χ1v) is 7.84. The van der Waals surface area contributed by atoms with Gasteiger partial charge in [-0.2, -0.15) is 0 Å². The largest absolute Gasteiger partial charge is 0.477 e. The summed E-state index contributed by atoms with van der Waals surface area (Å²) in [5.41, 5.74) is 1.52. The van der Waals surface area contributed by atoms with Gasteiger partial charge in [0.2, 0.25) is 5.60 Å². The summed E-state index contributed by atoms with van der Waals surface area (Å²) in [6.45, 7) is 0. The average Bonchev–Trinajstić information content (AvgIpc) is 2.67. The molecule has 0 aliphatic heterocycles. The molecule has 124 valence electrons. The lowest BCUT2D eigenvalue weighted by molar-refractivity contribution is -0.129. The standard InChI is InChI=1S/C21H17NO3/c23-20(24)16-22-25-21(17-10-4-1-5-11-17,18-12-6-2-7-13-18)19-14-8-3-9-15-19/h1-16H,(H,23,24)/b22-16-. The zero-order chi connectivity index (χ0) is 17.5. The quantitative estimate of drug-likeness (QED) is 0.421. The van der Waals surface area contributed by atoms with E-state index in [1.54, 1.807) is 0 Å². The lowest BCUT2D eigenvalue weighted by Gasteiger charge is -2.33. The molecule has 3 aromatic rings. The third kappa shape index (κ3) is 3.43. The lowest BCUT2D eigenvalue weighted by atomic mass is 9.80.